The lowest BCUT2D eigenvalue weighted by molar-refractivity contribution is 0.166. The third-order valence-electron chi connectivity index (χ3n) is 2.22. The Labute approximate surface area is 70.8 Å². The summed E-state index contributed by atoms with van der Waals surface area (Å²) in [4.78, 5) is 0. The van der Waals surface area contributed by atoms with Crippen molar-refractivity contribution >= 4 is 0 Å². The zero-order valence-electron chi connectivity index (χ0n) is 8.14. The van der Waals surface area contributed by atoms with E-state index in [1.165, 1.54) is 19.3 Å². The first-order valence-corrected chi connectivity index (χ1v) is 4.92. The zero-order chi connectivity index (χ0) is 8.69. The van der Waals surface area contributed by atoms with Gasteiger partial charge in [-0.15, -0.1) is 0 Å². The second-order valence-electron chi connectivity index (χ2n) is 3.32. The predicted molar refractivity (Wildman–Crippen MR) is 49.6 cm³/mol. The molecule has 0 aromatic rings. The third kappa shape index (κ3) is 7.86. The van der Waals surface area contributed by atoms with Crippen molar-refractivity contribution in [2.45, 2.75) is 59.0 Å². The smallest absolute Gasteiger partial charge is 0.0535 e. The molecule has 0 spiro atoms. The molecule has 68 valence electrons. The molecule has 0 aromatic carbocycles. The van der Waals surface area contributed by atoms with Crippen LogP contribution in [0.4, 0.5) is 0 Å². The monoisotopic (exact) mass is 158 g/mol. The van der Waals surface area contributed by atoms with Gasteiger partial charge in [-0.3, -0.25) is 0 Å². The largest absolute Gasteiger partial charge is 0.393 e. The zero-order valence-corrected chi connectivity index (χ0v) is 8.14. The molecular weight excluding hydrogens is 136 g/mol. The van der Waals surface area contributed by atoms with Crippen LogP contribution >= 0.6 is 0 Å². The van der Waals surface area contributed by atoms with Gasteiger partial charge in [0.1, 0.15) is 0 Å². The Kier molecular flexibility index (Phi) is 6.63. The predicted octanol–water partition coefficient (Wildman–Crippen LogP) is 2.97. The molecule has 0 saturated heterocycles. The van der Waals surface area contributed by atoms with Gasteiger partial charge < -0.3 is 5.11 Å². The van der Waals surface area contributed by atoms with Crippen LogP contribution in [0.5, 0.6) is 0 Å². The van der Waals surface area contributed by atoms with Crippen molar-refractivity contribution in [3.8, 4) is 0 Å². The highest BCUT2D eigenvalue weighted by Gasteiger charge is 2.17. The first-order valence-electron chi connectivity index (χ1n) is 4.92. The third-order valence-corrected chi connectivity index (χ3v) is 2.22. The van der Waals surface area contributed by atoms with Crippen molar-refractivity contribution in [3.63, 3.8) is 0 Å². The second-order valence-corrected chi connectivity index (χ2v) is 3.32. The van der Waals surface area contributed by atoms with Gasteiger partial charge in [-0.05, 0) is 18.8 Å². The fourth-order valence-electron chi connectivity index (χ4n) is 0.815. The maximum absolute atomic E-state index is 8.67. The van der Waals surface area contributed by atoms with Crippen LogP contribution in [0.1, 0.15) is 52.9 Å². The number of hydrogen-bond acceptors (Lipinski definition) is 1. The molecule has 0 radical (unpaired) electrons. The molecule has 1 fully saturated rings. The van der Waals surface area contributed by atoms with Gasteiger partial charge in [0.15, 0.2) is 0 Å². The van der Waals surface area contributed by atoms with Crippen LogP contribution in [-0.2, 0) is 0 Å². The van der Waals surface area contributed by atoms with Gasteiger partial charge in [0.25, 0.3) is 0 Å². The van der Waals surface area contributed by atoms with Crippen LogP contribution in [-0.4, -0.2) is 11.2 Å². The van der Waals surface area contributed by atoms with E-state index in [4.69, 9.17) is 5.11 Å². The van der Waals surface area contributed by atoms with Crippen molar-refractivity contribution in [3.05, 3.63) is 0 Å². The highest BCUT2D eigenvalue weighted by Crippen LogP contribution is 2.31. The molecule has 0 bridgehead atoms. The van der Waals surface area contributed by atoms with E-state index in [2.05, 4.69) is 6.92 Å². The number of aliphatic hydroxyl groups is 1. The molecule has 0 unspecified atom stereocenters. The van der Waals surface area contributed by atoms with Crippen LogP contribution in [0.3, 0.4) is 0 Å². The molecule has 1 aliphatic rings. The average Bonchev–Trinajstić information content (AvgIpc) is 2.86. The standard InChI is InChI=1S/C5H12O.C5H10/c1-3-5(6)4-2;1-2-5-3-4-5/h5-6H,3-4H2,1-2H3;5H,2-4H2,1H3. The Bertz CT molecular complexity index is 72.9. The molecular formula is C10H22O. The minimum Gasteiger partial charge on any atom is -0.393 e. The van der Waals surface area contributed by atoms with E-state index in [1.807, 2.05) is 13.8 Å². The normalized spacial score (nSPS) is 16.1. The molecule has 1 heteroatoms. The molecule has 0 aromatic heterocycles. The lowest BCUT2D eigenvalue weighted by atomic mass is 10.2. The lowest BCUT2D eigenvalue weighted by Gasteiger charge is -1.98. The summed E-state index contributed by atoms with van der Waals surface area (Å²) in [7, 11) is 0. The van der Waals surface area contributed by atoms with E-state index in [-0.39, 0.29) is 6.10 Å². The SMILES string of the molecule is CCC(O)CC.CCC1CC1. The van der Waals surface area contributed by atoms with Crippen molar-refractivity contribution in [1.82, 2.24) is 0 Å². The Morgan fingerprint density at radius 3 is 1.64 bits per heavy atom. The summed E-state index contributed by atoms with van der Waals surface area (Å²) in [6.45, 7) is 6.22. The molecule has 1 rings (SSSR count). The fourth-order valence-corrected chi connectivity index (χ4v) is 0.815. The van der Waals surface area contributed by atoms with Crippen molar-refractivity contribution in [2.24, 2.45) is 5.92 Å². The Morgan fingerprint density at radius 2 is 1.64 bits per heavy atom. The van der Waals surface area contributed by atoms with Gasteiger partial charge in [0.05, 0.1) is 6.10 Å². The molecule has 1 N–H and O–H groups in total. The van der Waals surface area contributed by atoms with E-state index < -0.39 is 0 Å². The van der Waals surface area contributed by atoms with Crippen molar-refractivity contribution in [1.29, 1.82) is 0 Å². The Hall–Kier alpha value is -0.0400. The van der Waals surface area contributed by atoms with Gasteiger partial charge in [0, 0.05) is 0 Å². The van der Waals surface area contributed by atoms with Crippen LogP contribution in [0.15, 0.2) is 0 Å². The van der Waals surface area contributed by atoms with Gasteiger partial charge in [-0.1, -0.05) is 40.0 Å². The van der Waals surface area contributed by atoms with E-state index in [0.717, 1.165) is 18.8 Å². The summed E-state index contributed by atoms with van der Waals surface area (Å²) >= 11 is 0. The second kappa shape index (κ2) is 6.66. The van der Waals surface area contributed by atoms with Crippen LogP contribution in [0.2, 0.25) is 0 Å². The molecule has 0 atom stereocenters. The van der Waals surface area contributed by atoms with E-state index in [9.17, 15) is 0 Å². The minimum absolute atomic E-state index is 0.0648. The molecule has 1 nitrogen and oxygen atoms in total. The maximum atomic E-state index is 8.67. The molecule has 11 heavy (non-hydrogen) atoms. The van der Waals surface area contributed by atoms with Crippen LogP contribution in [0, 0.1) is 5.92 Å². The average molecular weight is 158 g/mol. The lowest BCUT2D eigenvalue weighted by Crippen LogP contribution is -1.99. The van der Waals surface area contributed by atoms with Crippen molar-refractivity contribution in [2.75, 3.05) is 0 Å². The topological polar surface area (TPSA) is 20.2 Å². The van der Waals surface area contributed by atoms with Crippen LogP contribution in [0.25, 0.3) is 0 Å². The molecule has 1 saturated carbocycles. The Balaban J connectivity index is 0.000000183. The fraction of sp³-hybridized carbons (Fsp3) is 1.00. The quantitative estimate of drug-likeness (QED) is 0.669. The highest BCUT2D eigenvalue weighted by atomic mass is 16.3. The van der Waals surface area contributed by atoms with E-state index >= 15 is 0 Å². The number of hydrogen-bond donors (Lipinski definition) is 1. The van der Waals surface area contributed by atoms with E-state index in [0.29, 0.717) is 0 Å². The van der Waals surface area contributed by atoms with E-state index in [1.54, 1.807) is 0 Å². The van der Waals surface area contributed by atoms with Gasteiger partial charge in [0.2, 0.25) is 0 Å². The summed E-state index contributed by atoms with van der Waals surface area (Å²) in [5.74, 6) is 1.13. The summed E-state index contributed by atoms with van der Waals surface area (Å²) in [6.07, 6.45) is 6.14. The number of aliphatic hydroxyl groups excluding tert-OH is 1. The molecule has 0 aliphatic heterocycles. The summed E-state index contributed by atoms with van der Waals surface area (Å²) in [5.41, 5.74) is 0. The van der Waals surface area contributed by atoms with Crippen molar-refractivity contribution < 1.29 is 5.11 Å². The first kappa shape index (κ1) is 11.0. The minimum atomic E-state index is -0.0648. The summed E-state index contributed by atoms with van der Waals surface area (Å²) in [6, 6.07) is 0. The first-order chi connectivity index (χ1) is 5.24. The van der Waals surface area contributed by atoms with Gasteiger partial charge in [-0.2, -0.15) is 0 Å². The number of rotatable bonds is 3. The summed E-state index contributed by atoms with van der Waals surface area (Å²) in [5, 5.41) is 8.67. The maximum Gasteiger partial charge on any atom is 0.0535 e. The van der Waals surface area contributed by atoms with Gasteiger partial charge >= 0.3 is 0 Å². The van der Waals surface area contributed by atoms with Gasteiger partial charge in [-0.25, -0.2) is 0 Å². The highest BCUT2D eigenvalue weighted by molar-refractivity contribution is 4.69. The summed E-state index contributed by atoms with van der Waals surface area (Å²) < 4.78 is 0. The molecule has 1 aliphatic carbocycles. The molecule has 0 heterocycles. The van der Waals surface area contributed by atoms with Crippen LogP contribution < -0.4 is 0 Å². The Morgan fingerprint density at radius 1 is 1.18 bits per heavy atom. The molecule has 0 amide bonds.